The van der Waals surface area contributed by atoms with E-state index in [-0.39, 0.29) is 40.8 Å². The first-order chi connectivity index (χ1) is 6.13. The molecule has 1 N–H and O–H groups in total. The number of rotatable bonds is 0. The molecule has 0 aliphatic rings. The molecule has 2 heterocycles. The molecule has 0 bridgehead atoms. The Kier molecular flexibility index (Phi) is 2.98. The van der Waals surface area contributed by atoms with Crippen molar-refractivity contribution < 1.29 is 0 Å². The van der Waals surface area contributed by atoms with E-state index in [0.717, 1.165) is 4.57 Å². The van der Waals surface area contributed by atoms with E-state index in [1.807, 2.05) is 0 Å². The molecule has 0 spiro atoms. The summed E-state index contributed by atoms with van der Waals surface area (Å²) in [6.45, 7) is 0. The molecule has 0 amide bonds. The van der Waals surface area contributed by atoms with Gasteiger partial charge >= 0.3 is 5.69 Å². The molecule has 0 saturated carbocycles. The zero-order valence-electron chi connectivity index (χ0n) is 8.24. The van der Waals surface area contributed by atoms with Crippen LogP contribution in [0.15, 0.2) is 15.9 Å². The van der Waals surface area contributed by atoms with Crippen LogP contribution >= 0.6 is 0 Å². The van der Waals surface area contributed by atoms with Crippen LogP contribution in [0.1, 0.15) is 0 Å². The Morgan fingerprint density at radius 3 is 2.57 bits per heavy atom. The Labute approximate surface area is 101 Å². The molecule has 0 unspecified atom stereocenters. The van der Waals surface area contributed by atoms with Crippen LogP contribution in [0.2, 0.25) is 0 Å². The summed E-state index contributed by atoms with van der Waals surface area (Å²) in [5.74, 6) is 0. The summed E-state index contributed by atoms with van der Waals surface area (Å²) in [6, 6.07) is 0. The van der Waals surface area contributed by atoms with Gasteiger partial charge in [0.05, 0.1) is 6.33 Å². The van der Waals surface area contributed by atoms with Crippen molar-refractivity contribution in [1.29, 1.82) is 0 Å². The third kappa shape index (κ3) is 1.35. The molecule has 0 fully saturated rings. The number of nitrogens with zero attached hydrogens (tertiary/aromatic N) is 3. The van der Waals surface area contributed by atoms with Crippen molar-refractivity contribution in [3.8, 4) is 0 Å². The van der Waals surface area contributed by atoms with Gasteiger partial charge in [-0.1, -0.05) is 0 Å². The van der Waals surface area contributed by atoms with Crippen LogP contribution in [0.25, 0.3) is 11.2 Å². The molecule has 7 heteroatoms. The molecule has 2 rings (SSSR count). The number of nitrogens with one attached hydrogen (secondary N) is 1. The molecule has 2 aromatic rings. The molecule has 0 atom stereocenters. The Bertz CT molecular complexity index is 579. The van der Waals surface area contributed by atoms with Gasteiger partial charge in [0.25, 0.3) is 5.56 Å². The first-order valence-electron chi connectivity index (χ1n) is 3.72. The topological polar surface area (TPSA) is 72.7 Å². The summed E-state index contributed by atoms with van der Waals surface area (Å²) in [6.07, 6.45) is 1.39. The van der Waals surface area contributed by atoms with Crippen molar-refractivity contribution in [3.63, 3.8) is 0 Å². The van der Waals surface area contributed by atoms with Crippen LogP contribution < -0.4 is 11.2 Å². The van der Waals surface area contributed by atoms with E-state index >= 15 is 0 Å². The van der Waals surface area contributed by atoms with Crippen LogP contribution in [-0.4, -0.2) is 48.7 Å². The van der Waals surface area contributed by atoms with Gasteiger partial charge < -0.3 is 4.98 Å². The van der Waals surface area contributed by atoms with Gasteiger partial charge in [0.2, 0.25) is 0 Å². The maximum atomic E-state index is 11.4. The van der Waals surface area contributed by atoms with E-state index in [2.05, 4.69) is 9.97 Å². The minimum Gasteiger partial charge on any atom is -0.339 e. The second-order valence-corrected chi connectivity index (χ2v) is 2.81. The summed E-state index contributed by atoms with van der Waals surface area (Å²) < 4.78 is 2.37. The number of imidazole rings is 1. The van der Waals surface area contributed by atoms with Gasteiger partial charge in [-0.25, -0.2) is 9.78 Å². The fourth-order valence-electron chi connectivity index (χ4n) is 1.27. The Hall–Kier alpha value is -0.850. The van der Waals surface area contributed by atoms with Crippen molar-refractivity contribution in [2.24, 2.45) is 14.1 Å². The van der Waals surface area contributed by atoms with E-state index in [1.165, 1.54) is 17.9 Å². The summed E-state index contributed by atoms with van der Waals surface area (Å²) >= 11 is 0. The smallest absolute Gasteiger partial charge is 0.332 e. The number of aryl methyl sites for hydroxylation is 1. The van der Waals surface area contributed by atoms with E-state index in [1.54, 1.807) is 7.05 Å². The van der Waals surface area contributed by atoms with Crippen molar-refractivity contribution in [1.82, 2.24) is 19.1 Å². The third-order valence-corrected chi connectivity index (χ3v) is 2.03. The van der Waals surface area contributed by atoms with E-state index < -0.39 is 0 Å². The van der Waals surface area contributed by atoms with Crippen LogP contribution in [0.5, 0.6) is 0 Å². The van der Waals surface area contributed by atoms with Gasteiger partial charge in [-0.15, -0.1) is 0 Å². The molecule has 14 heavy (non-hydrogen) atoms. The fraction of sp³-hybridized carbons (Fsp3) is 0.286. The third-order valence-electron chi connectivity index (χ3n) is 2.03. The van der Waals surface area contributed by atoms with Crippen molar-refractivity contribution in [3.05, 3.63) is 27.2 Å². The SMILES string of the molecule is Cn1c(=O)c2[nH]cnc2n(C)c1=O.[Na]. The number of fused-ring (bicyclic) bond motifs is 1. The van der Waals surface area contributed by atoms with Crippen molar-refractivity contribution >= 4 is 40.7 Å². The van der Waals surface area contributed by atoms with Crippen molar-refractivity contribution in [2.75, 3.05) is 0 Å². The second-order valence-electron chi connectivity index (χ2n) is 2.81. The average Bonchev–Trinajstić information content (AvgIpc) is 2.59. The van der Waals surface area contributed by atoms with Gasteiger partial charge in [-0.3, -0.25) is 13.9 Å². The van der Waals surface area contributed by atoms with E-state index in [9.17, 15) is 9.59 Å². The molecular weight excluding hydrogens is 195 g/mol. The minimum atomic E-state index is -0.371. The van der Waals surface area contributed by atoms with E-state index in [0.29, 0.717) is 11.2 Å². The summed E-state index contributed by atoms with van der Waals surface area (Å²) in [5.41, 5.74) is 0.0119. The predicted octanol–water partition coefficient (Wildman–Crippen LogP) is -1.42. The quantitative estimate of drug-likeness (QED) is 0.534. The standard InChI is InChI=1S/C7H8N4O2.Na/c1-10-5-4(8-3-9-5)6(12)11(2)7(10)13;/h3H,1-2H3,(H,8,9);. The first kappa shape index (κ1) is 11.2. The maximum Gasteiger partial charge on any atom is 0.332 e. The molecule has 2 aromatic heterocycles. The normalized spacial score (nSPS) is 10.1. The molecular formula is C7H8N4NaO2. The zero-order chi connectivity index (χ0) is 9.59. The molecule has 69 valence electrons. The molecule has 6 nitrogen and oxygen atoms in total. The molecule has 0 aromatic carbocycles. The van der Waals surface area contributed by atoms with Gasteiger partial charge in [-0.2, -0.15) is 0 Å². The van der Waals surface area contributed by atoms with Crippen LogP contribution in [0, 0.1) is 0 Å². The first-order valence-corrected chi connectivity index (χ1v) is 3.72. The largest absolute Gasteiger partial charge is 0.339 e. The zero-order valence-corrected chi connectivity index (χ0v) is 10.2. The Morgan fingerprint density at radius 2 is 1.93 bits per heavy atom. The Balaban J connectivity index is 0.000000980. The maximum absolute atomic E-state index is 11.4. The molecule has 1 radical (unpaired) electrons. The van der Waals surface area contributed by atoms with Gasteiger partial charge in [0.15, 0.2) is 5.65 Å². The summed E-state index contributed by atoms with van der Waals surface area (Å²) in [7, 11) is 3.01. The summed E-state index contributed by atoms with van der Waals surface area (Å²) in [5, 5.41) is 0. The second kappa shape index (κ2) is 3.72. The molecule has 0 aliphatic heterocycles. The Morgan fingerprint density at radius 1 is 1.29 bits per heavy atom. The summed E-state index contributed by atoms with van der Waals surface area (Å²) in [4.78, 5) is 29.4. The van der Waals surface area contributed by atoms with E-state index in [4.69, 9.17) is 0 Å². The number of aromatic amines is 1. The fourth-order valence-corrected chi connectivity index (χ4v) is 1.27. The number of aromatic nitrogens is 4. The van der Waals surface area contributed by atoms with Crippen LogP contribution in [-0.2, 0) is 14.1 Å². The van der Waals surface area contributed by atoms with Crippen molar-refractivity contribution in [2.45, 2.75) is 0 Å². The number of H-pyrrole nitrogens is 1. The molecule has 0 aliphatic carbocycles. The minimum absolute atomic E-state index is 0. The van der Waals surface area contributed by atoms with Gasteiger partial charge in [0.1, 0.15) is 5.52 Å². The van der Waals surface area contributed by atoms with Gasteiger partial charge in [-0.05, 0) is 0 Å². The van der Waals surface area contributed by atoms with Crippen LogP contribution in [0.4, 0.5) is 0 Å². The number of hydrogen-bond donors (Lipinski definition) is 1. The monoisotopic (exact) mass is 203 g/mol. The molecule has 0 saturated heterocycles. The average molecular weight is 203 g/mol. The van der Waals surface area contributed by atoms with Gasteiger partial charge in [0, 0.05) is 43.7 Å². The number of hydrogen-bond acceptors (Lipinski definition) is 3. The predicted molar refractivity (Wildman–Crippen MR) is 52.3 cm³/mol. The van der Waals surface area contributed by atoms with Crippen LogP contribution in [0.3, 0.4) is 0 Å².